The molecule has 3 aromatic carbocycles. The molecule has 0 aliphatic carbocycles. The minimum absolute atomic E-state index is 0.0470. The molecule has 0 aromatic heterocycles. The number of carbonyl (C=O) groups is 4. The number of alkyl carbamates (subject to hydrolysis) is 1. The summed E-state index contributed by atoms with van der Waals surface area (Å²) in [6.45, 7) is 5.19. The van der Waals surface area contributed by atoms with Crippen molar-refractivity contribution in [3.63, 3.8) is 0 Å². The molecule has 1 saturated heterocycles. The molecule has 43 heavy (non-hydrogen) atoms. The molecule has 2 N–H and O–H groups in total. The average Bonchev–Trinajstić information content (AvgIpc) is 2.98. The van der Waals surface area contributed by atoms with Gasteiger partial charge in [0.2, 0.25) is 5.91 Å². The average molecular weight is 600 g/mol. The van der Waals surface area contributed by atoms with E-state index in [-0.39, 0.29) is 29.5 Å². The lowest BCUT2D eigenvalue weighted by atomic mass is 10.0. The minimum atomic E-state index is -0.900. The van der Waals surface area contributed by atoms with Crippen LogP contribution in [-0.4, -0.2) is 51.5 Å². The molecule has 9 nitrogen and oxygen atoms in total. The highest BCUT2D eigenvalue weighted by atomic mass is 32.2. The number of amides is 3. The largest absolute Gasteiger partial charge is 0.448 e. The Hall–Kier alpha value is -4.57. The summed E-state index contributed by atoms with van der Waals surface area (Å²) in [6.07, 6.45) is -1.40. The maximum atomic E-state index is 14.0. The fourth-order valence-corrected chi connectivity index (χ4v) is 6.16. The number of thioether (sulfide) groups is 1. The van der Waals surface area contributed by atoms with Crippen LogP contribution in [0, 0.1) is 0 Å². The number of hydrogen-bond acceptors (Lipinski definition) is 7. The van der Waals surface area contributed by atoms with Gasteiger partial charge in [-0.2, -0.15) is 0 Å². The summed E-state index contributed by atoms with van der Waals surface area (Å²) in [6, 6.07) is 26.9. The highest BCUT2D eigenvalue weighted by Crippen LogP contribution is 2.41. The second kappa shape index (κ2) is 12.7. The third kappa shape index (κ3) is 7.09. The van der Waals surface area contributed by atoms with Gasteiger partial charge in [-0.15, -0.1) is 11.8 Å². The van der Waals surface area contributed by atoms with Crippen LogP contribution in [0.3, 0.4) is 0 Å². The number of rotatable bonds is 8. The number of nitrogens with zero attached hydrogens (tertiary/aromatic N) is 1. The summed E-state index contributed by atoms with van der Waals surface area (Å²) < 4.78 is 11.4. The monoisotopic (exact) mass is 599 g/mol. The molecule has 2 aliphatic rings. The fraction of sp³-hybridized carbons (Fsp3) is 0.273. The molecule has 2 aliphatic heterocycles. The number of ether oxygens (including phenoxy) is 2. The van der Waals surface area contributed by atoms with Gasteiger partial charge in [-0.1, -0.05) is 91.0 Å². The summed E-state index contributed by atoms with van der Waals surface area (Å²) in [5, 5.41) is 4.90. The third-order valence-electron chi connectivity index (χ3n) is 6.76. The Labute approximate surface area is 254 Å². The van der Waals surface area contributed by atoms with E-state index in [9.17, 15) is 19.2 Å². The van der Waals surface area contributed by atoms with Gasteiger partial charge in [0.25, 0.3) is 5.91 Å². The van der Waals surface area contributed by atoms with Crippen LogP contribution in [-0.2, 0) is 30.3 Å². The van der Waals surface area contributed by atoms with Crippen molar-refractivity contribution < 1.29 is 28.7 Å². The van der Waals surface area contributed by atoms with Gasteiger partial charge in [0, 0.05) is 5.75 Å². The van der Waals surface area contributed by atoms with Crippen molar-refractivity contribution in [3.8, 4) is 0 Å². The molecule has 3 amide bonds. The molecule has 0 saturated carbocycles. The Morgan fingerprint density at radius 3 is 2.02 bits per heavy atom. The first-order valence-corrected chi connectivity index (χ1v) is 15.0. The standard InChI is InChI=1S/C33H33N3O6S/c1-33(2,3)42-32(40)35-26-29(38)36-27(24(20-43-30(26)36)34-25(37)19-21-13-7-4-8-14-21)31(39)41-28(22-15-9-5-10-16-22)23-17-11-6-12-18-23/h4-18,26,28,30H,19-20H2,1-3H3,(H,34,37)(H,35,40)/t26?,30-/m1/s1. The zero-order valence-electron chi connectivity index (χ0n) is 24.1. The van der Waals surface area contributed by atoms with Gasteiger partial charge in [0.15, 0.2) is 11.8 Å². The van der Waals surface area contributed by atoms with Crippen molar-refractivity contribution in [1.82, 2.24) is 15.5 Å². The van der Waals surface area contributed by atoms with E-state index in [0.717, 1.165) is 16.7 Å². The lowest BCUT2D eigenvalue weighted by molar-refractivity contribution is -0.153. The van der Waals surface area contributed by atoms with Crippen LogP contribution in [0.1, 0.15) is 43.6 Å². The number of carbonyl (C=O) groups excluding carboxylic acids is 4. The SMILES string of the molecule is CC(C)(C)OC(=O)NC1C(=O)N2C(C(=O)OC(c3ccccc3)c3ccccc3)=C(NC(=O)Cc3ccccc3)CS[C@H]12. The molecule has 1 fully saturated rings. The number of β-lactam (4-membered cyclic amide) rings is 1. The predicted molar refractivity (Wildman–Crippen MR) is 162 cm³/mol. The van der Waals surface area contributed by atoms with E-state index in [1.54, 1.807) is 20.8 Å². The van der Waals surface area contributed by atoms with Crippen molar-refractivity contribution in [3.05, 3.63) is 119 Å². The van der Waals surface area contributed by atoms with E-state index in [2.05, 4.69) is 10.6 Å². The van der Waals surface area contributed by atoms with Gasteiger partial charge < -0.3 is 20.1 Å². The minimum Gasteiger partial charge on any atom is -0.448 e. The van der Waals surface area contributed by atoms with Gasteiger partial charge in [0.1, 0.15) is 17.0 Å². The van der Waals surface area contributed by atoms with Crippen molar-refractivity contribution in [1.29, 1.82) is 0 Å². The number of hydrogen-bond donors (Lipinski definition) is 2. The molecular formula is C33H33N3O6S. The molecule has 5 rings (SSSR count). The van der Waals surface area contributed by atoms with Crippen molar-refractivity contribution in [2.45, 2.75) is 50.3 Å². The van der Waals surface area contributed by atoms with E-state index >= 15 is 0 Å². The number of esters is 1. The molecular weight excluding hydrogens is 566 g/mol. The second-order valence-electron chi connectivity index (χ2n) is 11.2. The first kappa shape index (κ1) is 29.9. The van der Waals surface area contributed by atoms with Gasteiger partial charge in [0.05, 0.1) is 12.1 Å². The van der Waals surface area contributed by atoms with Crippen LogP contribution in [0.2, 0.25) is 0 Å². The lowest BCUT2D eigenvalue weighted by Gasteiger charge is -2.49. The molecule has 2 heterocycles. The number of benzene rings is 3. The Balaban J connectivity index is 1.44. The predicted octanol–water partition coefficient (Wildman–Crippen LogP) is 4.70. The summed E-state index contributed by atoms with van der Waals surface area (Å²) >= 11 is 1.33. The molecule has 2 atom stereocenters. The van der Waals surface area contributed by atoms with E-state index in [1.165, 1.54) is 16.7 Å². The van der Waals surface area contributed by atoms with Crippen molar-refractivity contribution in [2.24, 2.45) is 0 Å². The van der Waals surface area contributed by atoms with E-state index in [1.807, 2.05) is 91.0 Å². The van der Waals surface area contributed by atoms with Gasteiger partial charge >= 0.3 is 12.1 Å². The number of fused-ring (bicyclic) bond motifs is 1. The molecule has 0 radical (unpaired) electrons. The van der Waals surface area contributed by atoms with Crippen LogP contribution < -0.4 is 10.6 Å². The first-order valence-electron chi connectivity index (χ1n) is 13.9. The van der Waals surface area contributed by atoms with Gasteiger partial charge in [-0.05, 0) is 37.5 Å². The van der Waals surface area contributed by atoms with Gasteiger partial charge in [-0.3, -0.25) is 14.5 Å². The zero-order valence-corrected chi connectivity index (χ0v) is 24.9. The van der Waals surface area contributed by atoms with E-state index in [0.29, 0.717) is 0 Å². The normalized spacial score (nSPS) is 18.0. The summed E-state index contributed by atoms with van der Waals surface area (Å²) in [7, 11) is 0. The fourth-order valence-electron chi connectivity index (χ4n) is 4.88. The molecule has 10 heteroatoms. The van der Waals surface area contributed by atoms with Crippen LogP contribution in [0.5, 0.6) is 0 Å². The summed E-state index contributed by atoms with van der Waals surface area (Å²) in [5.74, 6) is -1.37. The Morgan fingerprint density at radius 1 is 0.907 bits per heavy atom. The second-order valence-corrected chi connectivity index (χ2v) is 12.3. The highest BCUT2D eigenvalue weighted by Gasteiger charge is 2.55. The topological polar surface area (TPSA) is 114 Å². The van der Waals surface area contributed by atoms with E-state index < -0.39 is 41.1 Å². The quantitative estimate of drug-likeness (QED) is 0.285. The molecule has 1 unspecified atom stereocenters. The number of nitrogens with one attached hydrogen (secondary N) is 2. The highest BCUT2D eigenvalue weighted by molar-refractivity contribution is 8.00. The van der Waals surface area contributed by atoms with Crippen LogP contribution >= 0.6 is 11.8 Å². The molecule has 3 aromatic rings. The van der Waals surface area contributed by atoms with Crippen molar-refractivity contribution in [2.75, 3.05) is 5.75 Å². The maximum absolute atomic E-state index is 14.0. The lowest BCUT2D eigenvalue weighted by Crippen LogP contribution is -2.71. The van der Waals surface area contributed by atoms with Crippen molar-refractivity contribution >= 4 is 35.6 Å². The van der Waals surface area contributed by atoms with Crippen LogP contribution in [0.15, 0.2) is 102 Å². The van der Waals surface area contributed by atoms with E-state index in [4.69, 9.17) is 9.47 Å². The molecule has 0 spiro atoms. The zero-order chi connectivity index (χ0) is 30.6. The van der Waals surface area contributed by atoms with Crippen LogP contribution in [0.25, 0.3) is 0 Å². The summed E-state index contributed by atoms with van der Waals surface area (Å²) in [5.41, 5.74) is 1.79. The van der Waals surface area contributed by atoms with Gasteiger partial charge in [-0.25, -0.2) is 9.59 Å². The Bertz CT molecular complexity index is 1480. The summed E-state index contributed by atoms with van der Waals surface area (Å²) in [4.78, 5) is 54.3. The third-order valence-corrected chi connectivity index (χ3v) is 8.04. The molecule has 0 bridgehead atoms. The Morgan fingerprint density at radius 2 is 1.47 bits per heavy atom. The molecule has 222 valence electrons. The first-order chi connectivity index (χ1) is 20.6. The maximum Gasteiger partial charge on any atom is 0.408 e. The smallest absolute Gasteiger partial charge is 0.408 e. The van der Waals surface area contributed by atoms with Crippen LogP contribution in [0.4, 0.5) is 4.79 Å². The Kier molecular flexibility index (Phi) is 8.86.